The summed E-state index contributed by atoms with van der Waals surface area (Å²) in [4.78, 5) is 13.1. The molecule has 3 nitrogen and oxygen atoms in total. The van der Waals surface area contributed by atoms with Gasteiger partial charge in [0, 0.05) is 24.9 Å². The van der Waals surface area contributed by atoms with Crippen molar-refractivity contribution in [2.24, 2.45) is 0 Å². The molecular weight excluding hydrogens is 154 g/mol. The summed E-state index contributed by atoms with van der Waals surface area (Å²) in [7, 11) is 1.41. The van der Waals surface area contributed by atoms with E-state index in [2.05, 4.69) is 9.64 Å². The summed E-state index contributed by atoms with van der Waals surface area (Å²) in [5, 5.41) is 0. The van der Waals surface area contributed by atoms with Gasteiger partial charge in [-0.2, -0.15) is 0 Å². The molecule has 0 unspecified atom stereocenters. The molecular formula is C9H15NO2. The third-order valence-electron chi connectivity index (χ3n) is 2.02. The minimum Gasteiger partial charge on any atom is -0.466 e. The molecule has 1 saturated heterocycles. The van der Waals surface area contributed by atoms with Crippen LogP contribution in [0, 0.1) is 0 Å². The maximum atomic E-state index is 11.0. The van der Waals surface area contributed by atoms with Crippen LogP contribution in [0.3, 0.4) is 0 Å². The van der Waals surface area contributed by atoms with Crippen LogP contribution in [0.1, 0.15) is 19.8 Å². The van der Waals surface area contributed by atoms with Gasteiger partial charge in [-0.1, -0.05) is 0 Å². The minimum atomic E-state index is -0.234. The summed E-state index contributed by atoms with van der Waals surface area (Å²) >= 11 is 0. The van der Waals surface area contributed by atoms with Gasteiger partial charge in [-0.05, 0) is 19.8 Å². The summed E-state index contributed by atoms with van der Waals surface area (Å²) in [6, 6.07) is 0. The topological polar surface area (TPSA) is 29.5 Å². The quantitative estimate of drug-likeness (QED) is 0.459. The van der Waals surface area contributed by atoms with Crippen molar-refractivity contribution in [2.75, 3.05) is 20.2 Å². The smallest absolute Gasteiger partial charge is 0.334 e. The van der Waals surface area contributed by atoms with Crippen molar-refractivity contribution < 1.29 is 9.53 Å². The van der Waals surface area contributed by atoms with E-state index < -0.39 is 0 Å². The number of hydrogen-bond acceptors (Lipinski definition) is 3. The molecule has 0 bridgehead atoms. The highest BCUT2D eigenvalue weighted by Crippen LogP contribution is 2.09. The fraction of sp³-hybridized carbons (Fsp3) is 0.667. The van der Waals surface area contributed by atoms with Gasteiger partial charge in [0.25, 0.3) is 0 Å². The van der Waals surface area contributed by atoms with Crippen LogP contribution in [0.15, 0.2) is 11.8 Å². The van der Waals surface area contributed by atoms with Crippen molar-refractivity contribution in [2.45, 2.75) is 19.8 Å². The van der Waals surface area contributed by atoms with Crippen molar-refractivity contribution >= 4 is 5.97 Å². The lowest BCUT2D eigenvalue weighted by atomic mass is 10.3. The predicted molar refractivity (Wildman–Crippen MR) is 46.6 cm³/mol. The lowest BCUT2D eigenvalue weighted by Crippen LogP contribution is -2.14. The molecule has 1 rings (SSSR count). The van der Waals surface area contributed by atoms with Crippen LogP contribution in [0.2, 0.25) is 0 Å². The Labute approximate surface area is 73.0 Å². The number of rotatable bonds is 2. The molecule has 0 aromatic heterocycles. The molecule has 0 saturated carbocycles. The average molecular weight is 169 g/mol. The first kappa shape index (κ1) is 9.10. The highest BCUT2D eigenvalue weighted by molar-refractivity contribution is 5.87. The zero-order valence-electron chi connectivity index (χ0n) is 7.67. The van der Waals surface area contributed by atoms with Gasteiger partial charge in [-0.15, -0.1) is 0 Å². The van der Waals surface area contributed by atoms with E-state index >= 15 is 0 Å². The molecule has 1 aliphatic rings. The van der Waals surface area contributed by atoms with Crippen LogP contribution in [0.5, 0.6) is 0 Å². The number of methoxy groups -OCH3 is 1. The maximum absolute atomic E-state index is 11.0. The van der Waals surface area contributed by atoms with Crippen LogP contribution < -0.4 is 0 Å². The molecule has 1 aliphatic heterocycles. The van der Waals surface area contributed by atoms with Gasteiger partial charge >= 0.3 is 5.97 Å². The zero-order valence-corrected chi connectivity index (χ0v) is 7.67. The van der Waals surface area contributed by atoms with Crippen LogP contribution in [-0.2, 0) is 9.53 Å². The SMILES string of the molecule is COC(=O)C(C)=CN1CCCC1. The van der Waals surface area contributed by atoms with Crippen molar-refractivity contribution in [3.8, 4) is 0 Å². The van der Waals surface area contributed by atoms with Crippen molar-refractivity contribution in [3.63, 3.8) is 0 Å². The highest BCUT2D eigenvalue weighted by atomic mass is 16.5. The number of esters is 1. The van der Waals surface area contributed by atoms with Gasteiger partial charge in [0.2, 0.25) is 0 Å². The molecule has 1 heterocycles. The number of likely N-dealkylation sites (tertiary alicyclic amines) is 1. The monoisotopic (exact) mass is 169 g/mol. The highest BCUT2D eigenvalue weighted by Gasteiger charge is 2.10. The Hall–Kier alpha value is -0.990. The van der Waals surface area contributed by atoms with Gasteiger partial charge in [-0.3, -0.25) is 0 Å². The fourth-order valence-electron chi connectivity index (χ4n) is 1.36. The molecule has 0 N–H and O–H groups in total. The van der Waals surface area contributed by atoms with Crippen molar-refractivity contribution in [1.29, 1.82) is 0 Å². The molecule has 0 amide bonds. The molecule has 0 radical (unpaired) electrons. The van der Waals surface area contributed by atoms with E-state index in [0.29, 0.717) is 5.57 Å². The molecule has 0 aromatic carbocycles. The molecule has 1 fully saturated rings. The molecule has 3 heteroatoms. The molecule has 0 spiro atoms. The molecule has 12 heavy (non-hydrogen) atoms. The first-order chi connectivity index (χ1) is 5.74. The van der Waals surface area contributed by atoms with Gasteiger partial charge in [0.05, 0.1) is 7.11 Å². The first-order valence-electron chi connectivity index (χ1n) is 4.25. The second kappa shape index (κ2) is 4.14. The van der Waals surface area contributed by atoms with E-state index in [1.165, 1.54) is 20.0 Å². The number of carbonyl (C=O) groups is 1. The average Bonchev–Trinajstić information content (AvgIpc) is 2.55. The van der Waals surface area contributed by atoms with Gasteiger partial charge in [-0.25, -0.2) is 4.79 Å². The van der Waals surface area contributed by atoms with E-state index in [-0.39, 0.29) is 5.97 Å². The minimum absolute atomic E-state index is 0.234. The largest absolute Gasteiger partial charge is 0.466 e. The Morgan fingerprint density at radius 1 is 1.42 bits per heavy atom. The van der Waals surface area contributed by atoms with Crippen LogP contribution in [-0.4, -0.2) is 31.1 Å². The summed E-state index contributed by atoms with van der Waals surface area (Å²) in [5.74, 6) is -0.234. The molecule has 0 aromatic rings. The second-order valence-electron chi connectivity index (χ2n) is 3.05. The van der Waals surface area contributed by atoms with E-state index in [1.807, 2.05) is 6.20 Å². The van der Waals surface area contributed by atoms with E-state index in [0.717, 1.165) is 13.1 Å². The summed E-state index contributed by atoms with van der Waals surface area (Å²) in [5.41, 5.74) is 0.680. The van der Waals surface area contributed by atoms with Gasteiger partial charge < -0.3 is 9.64 Å². The zero-order chi connectivity index (χ0) is 8.97. The maximum Gasteiger partial charge on any atom is 0.334 e. The van der Waals surface area contributed by atoms with Crippen LogP contribution >= 0.6 is 0 Å². The third-order valence-corrected chi connectivity index (χ3v) is 2.02. The second-order valence-corrected chi connectivity index (χ2v) is 3.05. The van der Waals surface area contributed by atoms with E-state index in [1.54, 1.807) is 6.92 Å². The Bertz CT molecular complexity index is 193. The third kappa shape index (κ3) is 2.26. The number of carbonyl (C=O) groups excluding carboxylic acids is 1. The number of ether oxygens (including phenoxy) is 1. The normalized spacial score (nSPS) is 18.2. The van der Waals surface area contributed by atoms with Crippen molar-refractivity contribution in [3.05, 3.63) is 11.8 Å². The molecule has 68 valence electrons. The fourth-order valence-corrected chi connectivity index (χ4v) is 1.36. The standard InChI is InChI=1S/C9H15NO2/c1-8(9(11)12-2)7-10-5-3-4-6-10/h7H,3-6H2,1-2H3. The van der Waals surface area contributed by atoms with Crippen LogP contribution in [0.4, 0.5) is 0 Å². The predicted octanol–water partition coefficient (Wildman–Crippen LogP) is 1.16. The van der Waals surface area contributed by atoms with Crippen molar-refractivity contribution in [1.82, 2.24) is 4.90 Å². The summed E-state index contributed by atoms with van der Waals surface area (Å²) < 4.78 is 4.59. The lowest BCUT2D eigenvalue weighted by Gasteiger charge is -2.11. The van der Waals surface area contributed by atoms with Gasteiger partial charge in [0.1, 0.15) is 0 Å². The van der Waals surface area contributed by atoms with Crippen LogP contribution in [0.25, 0.3) is 0 Å². The number of nitrogens with zero attached hydrogens (tertiary/aromatic N) is 1. The number of hydrogen-bond donors (Lipinski definition) is 0. The summed E-state index contributed by atoms with van der Waals surface area (Å²) in [6.45, 7) is 3.91. The Morgan fingerprint density at radius 2 is 2.00 bits per heavy atom. The molecule has 0 atom stereocenters. The lowest BCUT2D eigenvalue weighted by molar-refractivity contribution is -0.136. The Morgan fingerprint density at radius 3 is 2.50 bits per heavy atom. The van der Waals surface area contributed by atoms with Gasteiger partial charge in [0.15, 0.2) is 0 Å². The first-order valence-corrected chi connectivity index (χ1v) is 4.25. The molecule has 0 aliphatic carbocycles. The Kier molecular flexibility index (Phi) is 3.14. The Balaban J connectivity index is 2.48. The van der Waals surface area contributed by atoms with E-state index in [4.69, 9.17) is 0 Å². The van der Waals surface area contributed by atoms with E-state index in [9.17, 15) is 4.79 Å². The summed E-state index contributed by atoms with van der Waals surface area (Å²) in [6.07, 6.45) is 4.34.